The standard InChI is InChI=1S/C25H37NO/c1-3-5-16-26(17-6-4-2)18-15-25(27)24-19-20-11-7-8-12-21(20)22-13-9-10-14-23(22)24/h9-10,13-14,19,25,27H,3-8,11-12,15-18H2,1-2H3/t25-/m0/s1. The van der Waals surface area contributed by atoms with E-state index in [1.54, 1.807) is 0 Å². The van der Waals surface area contributed by atoms with Crippen LogP contribution in [0.15, 0.2) is 30.3 Å². The second-order valence-corrected chi connectivity index (χ2v) is 8.21. The summed E-state index contributed by atoms with van der Waals surface area (Å²) in [4.78, 5) is 2.55. The van der Waals surface area contributed by atoms with E-state index >= 15 is 0 Å². The number of nitrogens with zero attached hydrogens (tertiary/aromatic N) is 1. The topological polar surface area (TPSA) is 23.5 Å². The zero-order valence-corrected chi connectivity index (χ0v) is 17.3. The zero-order chi connectivity index (χ0) is 19.1. The van der Waals surface area contributed by atoms with Crippen LogP contribution in [-0.2, 0) is 12.8 Å². The second-order valence-electron chi connectivity index (χ2n) is 8.21. The number of benzene rings is 2. The average Bonchev–Trinajstić information content (AvgIpc) is 2.72. The quantitative estimate of drug-likeness (QED) is 0.553. The number of fused-ring (bicyclic) bond motifs is 3. The maximum atomic E-state index is 11.1. The Morgan fingerprint density at radius 1 is 0.926 bits per heavy atom. The van der Waals surface area contributed by atoms with E-state index in [2.05, 4.69) is 49.1 Å². The number of aliphatic hydroxyl groups excluding tert-OH is 1. The third-order valence-corrected chi connectivity index (χ3v) is 6.14. The molecule has 1 N–H and O–H groups in total. The number of aryl methyl sites for hydroxylation is 2. The van der Waals surface area contributed by atoms with Crippen molar-refractivity contribution in [3.05, 3.63) is 47.0 Å². The van der Waals surface area contributed by atoms with Gasteiger partial charge >= 0.3 is 0 Å². The summed E-state index contributed by atoms with van der Waals surface area (Å²) in [5, 5.41) is 13.7. The molecule has 27 heavy (non-hydrogen) atoms. The monoisotopic (exact) mass is 367 g/mol. The van der Waals surface area contributed by atoms with Crippen LogP contribution in [-0.4, -0.2) is 29.6 Å². The molecule has 0 aliphatic heterocycles. The predicted molar refractivity (Wildman–Crippen MR) is 116 cm³/mol. The van der Waals surface area contributed by atoms with Gasteiger partial charge in [-0.25, -0.2) is 0 Å². The van der Waals surface area contributed by atoms with Crippen LogP contribution in [0.25, 0.3) is 10.8 Å². The van der Waals surface area contributed by atoms with Gasteiger partial charge in [-0.05, 0) is 85.5 Å². The second kappa shape index (κ2) is 10.2. The van der Waals surface area contributed by atoms with Gasteiger partial charge in [-0.15, -0.1) is 0 Å². The Balaban J connectivity index is 1.77. The first-order chi connectivity index (χ1) is 13.2. The molecule has 0 heterocycles. The summed E-state index contributed by atoms with van der Waals surface area (Å²) < 4.78 is 0. The number of rotatable bonds is 10. The first-order valence-electron chi connectivity index (χ1n) is 11.2. The molecule has 0 bridgehead atoms. The lowest BCUT2D eigenvalue weighted by Gasteiger charge is -2.25. The molecule has 2 aromatic carbocycles. The summed E-state index contributed by atoms with van der Waals surface area (Å²) in [6.45, 7) is 7.83. The zero-order valence-electron chi connectivity index (χ0n) is 17.3. The van der Waals surface area contributed by atoms with Crippen LogP contribution in [0, 0.1) is 0 Å². The maximum Gasteiger partial charge on any atom is 0.0808 e. The Bertz CT molecular complexity index is 716. The van der Waals surface area contributed by atoms with Gasteiger partial charge in [0.25, 0.3) is 0 Å². The molecule has 0 saturated carbocycles. The van der Waals surface area contributed by atoms with E-state index in [0.29, 0.717) is 0 Å². The van der Waals surface area contributed by atoms with Gasteiger partial charge in [0.1, 0.15) is 0 Å². The minimum absolute atomic E-state index is 0.368. The SMILES string of the molecule is CCCCN(CCCC)CC[C@H](O)c1cc2c(c3ccccc13)CCCC2. The van der Waals surface area contributed by atoms with Crippen LogP contribution in [0.5, 0.6) is 0 Å². The minimum Gasteiger partial charge on any atom is -0.388 e. The molecule has 2 nitrogen and oxygen atoms in total. The highest BCUT2D eigenvalue weighted by molar-refractivity contribution is 5.90. The van der Waals surface area contributed by atoms with Crippen LogP contribution in [0.4, 0.5) is 0 Å². The minimum atomic E-state index is -0.368. The normalized spacial score (nSPS) is 15.3. The smallest absolute Gasteiger partial charge is 0.0808 e. The molecule has 0 aromatic heterocycles. The van der Waals surface area contributed by atoms with E-state index in [1.807, 2.05) is 0 Å². The lowest BCUT2D eigenvalue weighted by Crippen LogP contribution is -2.28. The van der Waals surface area contributed by atoms with Gasteiger partial charge in [0.05, 0.1) is 6.10 Å². The van der Waals surface area contributed by atoms with Crippen LogP contribution in [0.2, 0.25) is 0 Å². The largest absolute Gasteiger partial charge is 0.388 e. The molecule has 0 saturated heterocycles. The third-order valence-electron chi connectivity index (χ3n) is 6.14. The fourth-order valence-corrected chi connectivity index (χ4v) is 4.49. The molecule has 0 radical (unpaired) electrons. The Morgan fingerprint density at radius 3 is 2.30 bits per heavy atom. The first kappa shape index (κ1) is 20.4. The van der Waals surface area contributed by atoms with Gasteiger partial charge in [-0.1, -0.05) is 57.0 Å². The highest BCUT2D eigenvalue weighted by Gasteiger charge is 2.19. The van der Waals surface area contributed by atoms with Crippen molar-refractivity contribution in [2.24, 2.45) is 0 Å². The van der Waals surface area contributed by atoms with Gasteiger partial charge in [0, 0.05) is 6.54 Å². The lowest BCUT2D eigenvalue weighted by molar-refractivity contribution is 0.141. The summed E-state index contributed by atoms with van der Waals surface area (Å²) in [5.41, 5.74) is 4.15. The molecular weight excluding hydrogens is 330 g/mol. The van der Waals surface area contributed by atoms with Gasteiger partial charge < -0.3 is 10.0 Å². The molecule has 2 aromatic rings. The molecule has 2 heteroatoms. The molecule has 1 atom stereocenters. The maximum absolute atomic E-state index is 11.1. The van der Waals surface area contributed by atoms with Gasteiger partial charge in [0.2, 0.25) is 0 Å². The predicted octanol–water partition coefficient (Wildman–Crippen LogP) is 6.04. The van der Waals surface area contributed by atoms with E-state index in [4.69, 9.17) is 0 Å². The lowest BCUT2D eigenvalue weighted by atomic mass is 9.84. The highest BCUT2D eigenvalue weighted by Crippen LogP contribution is 2.35. The van der Waals surface area contributed by atoms with Crippen LogP contribution < -0.4 is 0 Å². The average molecular weight is 368 g/mol. The molecule has 3 rings (SSSR count). The summed E-state index contributed by atoms with van der Waals surface area (Å²) >= 11 is 0. The van der Waals surface area contributed by atoms with Gasteiger partial charge in [0.15, 0.2) is 0 Å². The van der Waals surface area contributed by atoms with E-state index < -0.39 is 0 Å². The molecule has 0 spiro atoms. The van der Waals surface area contributed by atoms with Crippen molar-refractivity contribution in [2.45, 2.75) is 77.7 Å². The van der Waals surface area contributed by atoms with Crippen molar-refractivity contribution in [3.8, 4) is 0 Å². The van der Waals surface area contributed by atoms with E-state index in [9.17, 15) is 5.11 Å². The fourth-order valence-electron chi connectivity index (χ4n) is 4.49. The highest BCUT2D eigenvalue weighted by atomic mass is 16.3. The fraction of sp³-hybridized carbons (Fsp3) is 0.600. The number of hydrogen-bond acceptors (Lipinski definition) is 2. The molecule has 148 valence electrons. The molecular formula is C25H37NO. The molecule has 0 amide bonds. The number of aliphatic hydroxyl groups is 1. The van der Waals surface area contributed by atoms with Gasteiger partial charge in [-0.3, -0.25) is 0 Å². The van der Waals surface area contributed by atoms with Crippen LogP contribution in [0.1, 0.15) is 81.6 Å². The van der Waals surface area contributed by atoms with Crippen molar-refractivity contribution < 1.29 is 5.11 Å². The summed E-state index contributed by atoms with van der Waals surface area (Å²) in [6.07, 6.45) is 10.4. The first-order valence-corrected chi connectivity index (χ1v) is 11.2. The Kier molecular flexibility index (Phi) is 7.72. The molecule has 1 aliphatic rings. The molecule has 0 unspecified atom stereocenters. The summed E-state index contributed by atoms with van der Waals surface area (Å²) in [5.74, 6) is 0. The number of unbranched alkanes of at least 4 members (excludes halogenated alkanes) is 2. The summed E-state index contributed by atoms with van der Waals surface area (Å²) in [6, 6.07) is 11.0. The molecule has 1 aliphatic carbocycles. The van der Waals surface area contributed by atoms with Crippen molar-refractivity contribution in [1.82, 2.24) is 4.90 Å². The van der Waals surface area contributed by atoms with Crippen LogP contribution in [0.3, 0.4) is 0 Å². The Morgan fingerprint density at radius 2 is 1.59 bits per heavy atom. The summed E-state index contributed by atoms with van der Waals surface area (Å²) in [7, 11) is 0. The third kappa shape index (κ3) is 5.12. The van der Waals surface area contributed by atoms with Crippen molar-refractivity contribution in [2.75, 3.05) is 19.6 Å². The van der Waals surface area contributed by atoms with E-state index in [1.165, 1.54) is 73.3 Å². The Labute approximate surface area is 165 Å². The van der Waals surface area contributed by atoms with E-state index in [-0.39, 0.29) is 6.10 Å². The molecule has 0 fully saturated rings. The van der Waals surface area contributed by atoms with Crippen LogP contribution >= 0.6 is 0 Å². The van der Waals surface area contributed by atoms with Crippen molar-refractivity contribution in [3.63, 3.8) is 0 Å². The van der Waals surface area contributed by atoms with Crippen molar-refractivity contribution >= 4 is 10.8 Å². The van der Waals surface area contributed by atoms with E-state index in [0.717, 1.165) is 31.6 Å². The Hall–Kier alpha value is -1.38. The number of hydrogen-bond donors (Lipinski definition) is 1. The van der Waals surface area contributed by atoms with Crippen molar-refractivity contribution in [1.29, 1.82) is 0 Å². The van der Waals surface area contributed by atoms with Gasteiger partial charge in [-0.2, -0.15) is 0 Å².